The number of alkyl carbamates (subject to hydrolysis) is 1. The van der Waals surface area contributed by atoms with Gasteiger partial charge in [-0.25, -0.2) is 14.9 Å². The van der Waals surface area contributed by atoms with Crippen molar-refractivity contribution in [2.24, 2.45) is 5.73 Å². The highest BCUT2D eigenvalue weighted by Crippen LogP contribution is 2.04. The summed E-state index contributed by atoms with van der Waals surface area (Å²) in [5, 5.41) is 4.60. The van der Waals surface area contributed by atoms with Gasteiger partial charge in [-0.1, -0.05) is 48.5 Å². The van der Waals surface area contributed by atoms with Gasteiger partial charge >= 0.3 is 12.1 Å². The van der Waals surface area contributed by atoms with Crippen LogP contribution in [0.4, 0.5) is 15.3 Å². The number of ether oxygens (including phenoxy) is 1. The molecule has 0 aliphatic heterocycles. The molecule has 1 atom stereocenters. The molecule has 6 heteroatoms. The van der Waals surface area contributed by atoms with E-state index in [9.17, 15) is 9.59 Å². The Bertz CT molecular complexity index is 632. The van der Waals surface area contributed by atoms with Crippen molar-refractivity contribution in [3.63, 3.8) is 0 Å². The van der Waals surface area contributed by atoms with Crippen LogP contribution in [0.5, 0.6) is 0 Å². The zero-order valence-electron chi connectivity index (χ0n) is 12.6. The number of imide groups is 1. The minimum Gasteiger partial charge on any atom is -0.448 e. The van der Waals surface area contributed by atoms with Gasteiger partial charge in [-0.15, -0.1) is 0 Å². The molecule has 2 aromatic carbocycles. The Kier molecular flexibility index (Phi) is 6.14. The van der Waals surface area contributed by atoms with Crippen LogP contribution in [0.25, 0.3) is 0 Å². The molecule has 0 spiro atoms. The molecule has 3 amide bonds. The third-order valence-corrected chi connectivity index (χ3v) is 3.02. The van der Waals surface area contributed by atoms with Crippen molar-refractivity contribution in [1.29, 1.82) is 0 Å². The molecule has 0 unspecified atom stereocenters. The average Bonchev–Trinajstić information content (AvgIpc) is 2.55. The zero-order chi connectivity index (χ0) is 16.5. The molecule has 23 heavy (non-hydrogen) atoms. The fraction of sp³-hybridized carbons (Fsp3) is 0.176. The number of nitrogens with one attached hydrogen (secondary N) is 2. The highest BCUT2D eigenvalue weighted by atomic mass is 16.5. The highest BCUT2D eigenvalue weighted by Gasteiger charge is 2.11. The molecule has 0 aromatic heterocycles. The van der Waals surface area contributed by atoms with Crippen molar-refractivity contribution >= 4 is 17.8 Å². The van der Waals surface area contributed by atoms with Crippen molar-refractivity contribution in [2.45, 2.75) is 12.5 Å². The summed E-state index contributed by atoms with van der Waals surface area (Å²) in [6, 6.07) is 17.5. The van der Waals surface area contributed by atoms with Crippen LogP contribution < -0.4 is 16.4 Å². The third-order valence-electron chi connectivity index (χ3n) is 3.02. The van der Waals surface area contributed by atoms with Gasteiger partial charge in [-0.2, -0.15) is 0 Å². The summed E-state index contributed by atoms with van der Waals surface area (Å²) >= 11 is 0. The Labute approximate surface area is 134 Å². The number of carbonyl (C=O) groups is 2. The maximum Gasteiger partial charge on any atom is 0.415 e. The Morgan fingerprint density at radius 2 is 1.61 bits per heavy atom. The van der Waals surface area contributed by atoms with Gasteiger partial charge in [0.2, 0.25) is 0 Å². The van der Waals surface area contributed by atoms with Crippen LogP contribution in [0.3, 0.4) is 0 Å². The van der Waals surface area contributed by atoms with Gasteiger partial charge in [-0.05, 0) is 24.1 Å². The van der Waals surface area contributed by atoms with E-state index in [4.69, 9.17) is 10.5 Å². The van der Waals surface area contributed by atoms with Crippen LogP contribution >= 0.6 is 0 Å². The first-order valence-electron chi connectivity index (χ1n) is 7.23. The van der Waals surface area contributed by atoms with Crippen molar-refractivity contribution in [3.8, 4) is 0 Å². The second-order valence-corrected chi connectivity index (χ2v) is 4.99. The Balaban J connectivity index is 1.69. The van der Waals surface area contributed by atoms with E-state index in [0.717, 1.165) is 5.56 Å². The standard InChI is InChI=1S/C17H19N3O3/c18-14(11-13-7-3-1-4-8-13)12-23-17(22)20-16(21)19-15-9-5-2-6-10-15/h1-10,14H,11-12,18H2,(H2,19,20,21,22)/t14-/m1/s1. The summed E-state index contributed by atoms with van der Waals surface area (Å²) in [7, 11) is 0. The summed E-state index contributed by atoms with van der Waals surface area (Å²) in [5.41, 5.74) is 7.55. The molecule has 6 nitrogen and oxygen atoms in total. The maximum atomic E-state index is 11.6. The summed E-state index contributed by atoms with van der Waals surface area (Å²) < 4.78 is 4.95. The van der Waals surface area contributed by atoms with Crippen LogP contribution in [-0.2, 0) is 11.2 Å². The molecular weight excluding hydrogens is 294 g/mol. The van der Waals surface area contributed by atoms with E-state index in [1.807, 2.05) is 36.4 Å². The van der Waals surface area contributed by atoms with E-state index < -0.39 is 12.1 Å². The second-order valence-electron chi connectivity index (χ2n) is 4.99. The van der Waals surface area contributed by atoms with E-state index >= 15 is 0 Å². The molecule has 0 saturated carbocycles. The SMILES string of the molecule is N[C@@H](COC(=O)NC(=O)Nc1ccccc1)Cc1ccccc1. The molecular formula is C17H19N3O3. The summed E-state index contributed by atoms with van der Waals surface area (Å²) in [5.74, 6) is 0. The fourth-order valence-electron chi connectivity index (χ4n) is 1.97. The van der Waals surface area contributed by atoms with Crippen molar-refractivity contribution in [1.82, 2.24) is 5.32 Å². The van der Waals surface area contributed by atoms with E-state index in [0.29, 0.717) is 12.1 Å². The lowest BCUT2D eigenvalue weighted by Crippen LogP contribution is -2.38. The third kappa shape index (κ3) is 6.19. The minimum atomic E-state index is -0.832. The topological polar surface area (TPSA) is 93.4 Å². The number of benzene rings is 2. The summed E-state index contributed by atoms with van der Waals surface area (Å²) in [4.78, 5) is 23.2. The Morgan fingerprint density at radius 1 is 1.00 bits per heavy atom. The fourth-order valence-corrected chi connectivity index (χ4v) is 1.97. The molecule has 2 rings (SSSR count). The number of urea groups is 1. The molecule has 0 aliphatic rings. The number of hydrogen-bond donors (Lipinski definition) is 3. The van der Waals surface area contributed by atoms with Crippen LogP contribution in [-0.4, -0.2) is 24.8 Å². The minimum absolute atomic E-state index is 0.0271. The van der Waals surface area contributed by atoms with Crippen LogP contribution in [0, 0.1) is 0 Å². The lowest BCUT2D eigenvalue weighted by Gasteiger charge is -2.12. The molecule has 0 radical (unpaired) electrons. The Morgan fingerprint density at radius 3 is 2.26 bits per heavy atom. The second kappa shape index (κ2) is 8.55. The molecule has 0 saturated heterocycles. The average molecular weight is 313 g/mol. The van der Waals surface area contributed by atoms with Gasteiger partial charge in [0, 0.05) is 11.7 Å². The molecule has 0 bridgehead atoms. The molecule has 0 heterocycles. The first-order valence-corrected chi connectivity index (χ1v) is 7.23. The van der Waals surface area contributed by atoms with Gasteiger partial charge in [-0.3, -0.25) is 0 Å². The molecule has 2 aromatic rings. The van der Waals surface area contributed by atoms with Crippen LogP contribution in [0.1, 0.15) is 5.56 Å². The van der Waals surface area contributed by atoms with Gasteiger partial charge in [0.15, 0.2) is 0 Å². The smallest absolute Gasteiger partial charge is 0.415 e. The van der Waals surface area contributed by atoms with E-state index in [1.54, 1.807) is 24.3 Å². The number of anilines is 1. The summed E-state index contributed by atoms with van der Waals surface area (Å²) in [6.45, 7) is 0.0271. The van der Waals surface area contributed by atoms with E-state index in [-0.39, 0.29) is 12.6 Å². The maximum absolute atomic E-state index is 11.6. The predicted octanol–water partition coefficient (Wildman–Crippen LogP) is 2.51. The predicted molar refractivity (Wildman–Crippen MR) is 88.1 cm³/mol. The van der Waals surface area contributed by atoms with Crippen molar-refractivity contribution < 1.29 is 14.3 Å². The largest absolute Gasteiger partial charge is 0.448 e. The first kappa shape index (κ1) is 16.5. The number of amides is 3. The van der Waals surface area contributed by atoms with Gasteiger partial charge in [0.1, 0.15) is 6.61 Å². The highest BCUT2D eigenvalue weighted by molar-refractivity contribution is 5.98. The van der Waals surface area contributed by atoms with Crippen LogP contribution in [0.2, 0.25) is 0 Å². The van der Waals surface area contributed by atoms with Gasteiger partial charge in [0.25, 0.3) is 0 Å². The number of rotatable bonds is 5. The first-order chi connectivity index (χ1) is 11.1. The Hall–Kier alpha value is -2.86. The molecule has 0 fully saturated rings. The monoisotopic (exact) mass is 313 g/mol. The van der Waals surface area contributed by atoms with Crippen LogP contribution in [0.15, 0.2) is 60.7 Å². The van der Waals surface area contributed by atoms with Gasteiger partial charge in [0.05, 0.1) is 0 Å². The number of para-hydroxylation sites is 1. The molecule has 4 N–H and O–H groups in total. The van der Waals surface area contributed by atoms with Gasteiger partial charge < -0.3 is 15.8 Å². The van der Waals surface area contributed by atoms with Crippen molar-refractivity contribution in [2.75, 3.05) is 11.9 Å². The molecule has 120 valence electrons. The lowest BCUT2D eigenvalue weighted by atomic mass is 10.1. The lowest BCUT2D eigenvalue weighted by molar-refractivity contribution is 0.141. The quantitative estimate of drug-likeness (QED) is 0.790. The normalized spacial score (nSPS) is 11.3. The van der Waals surface area contributed by atoms with E-state index in [2.05, 4.69) is 10.6 Å². The van der Waals surface area contributed by atoms with E-state index in [1.165, 1.54) is 0 Å². The number of hydrogen-bond acceptors (Lipinski definition) is 4. The number of nitrogens with two attached hydrogens (primary N) is 1. The zero-order valence-corrected chi connectivity index (χ0v) is 12.6. The summed E-state index contributed by atoms with van der Waals surface area (Å²) in [6.07, 6.45) is -0.244. The molecule has 0 aliphatic carbocycles. The van der Waals surface area contributed by atoms with Crippen molar-refractivity contribution in [3.05, 3.63) is 66.2 Å². The number of carbonyl (C=O) groups excluding carboxylic acids is 2.